The third-order valence-electron chi connectivity index (χ3n) is 2.55. The van der Waals surface area contributed by atoms with E-state index in [0.717, 1.165) is 6.42 Å². The number of nitrogens with one attached hydrogen (secondary N) is 1. The summed E-state index contributed by atoms with van der Waals surface area (Å²) in [5, 5.41) is 10.5. The van der Waals surface area contributed by atoms with E-state index >= 15 is 0 Å². The molecule has 1 rings (SSSR count). The molecule has 94 valence electrons. The molecule has 1 fully saturated rings. The van der Waals surface area contributed by atoms with E-state index in [9.17, 15) is 18.0 Å². The van der Waals surface area contributed by atoms with Crippen molar-refractivity contribution in [3.63, 3.8) is 0 Å². The van der Waals surface area contributed by atoms with Crippen molar-refractivity contribution < 1.29 is 23.1 Å². The summed E-state index contributed by atoms with van der Waals surface area (Å²) in [5.74, 6) is 0.196. The van der Waals surface area contributed by atoms with Crippen molar-refractivity contribution in [3.05, 3.63) is 0 Å². The Hall–Kier alpha value is -0.980. The molecule has 1 aliphatic rings. The van der Waals surface area contributed by atoms with Gasteiger partial charge in [-0.15, -0.1) is 0 Å². The van der Waals surface area contributed by atoms with Gasteiger partial charge in [0.25, 0.3) is 0 Å². The van der Waals surface area contributed by atoms with Crippen LogP contribution < -0.4 is 5.32 Å². The molecule has 0 aromatic heterocycles. The first kappa shape index (κ1) is 13.1. The number of halogens is 3. The maximum Gasteiger partial charge on any atom is 0.405 e. The molecule has 0 aromatic carbocycles. The van der Waals surface area contributed by atoms with Gasteiger partial charge in [0.05, 0.1) is 0 Å². The summed E-state index contributed by atoms with van der Waals surface area (Å²) < 4.78 is 35.5. The first-order valence-corrected chi connectivity index (χ1v) is 5.13. The molecule has 0 saturated carbocycles. The number of aliphatic hydroxyl groups is 1. The Morgan fingerprint density at radius 1 is 1.50 bits per heavy atom. The van der Waals surface area contributed by atoms with E-state index in [1.165, 1.54) is 4.90 Å². The second-order valence-corrected chi connectivity index (χ2v) is 3.89. The van der Waals surface area contributed by atoms with Gasteiger partial charge in [-0.25, -0.2) is 4.79 Å². The Kier molecular flexibility index (Phi) is 4.40. The molecule has 0 aromatic rings. The molecule has 1 saturated heterocycles. The van der Waals surface area contributed by atoms with Gasteiger partial charge in [-0.3, -0.25) is 0 Å². The van der Waals surface area contributed by atoms with Crippen LogP contribution in [0.2, 0.25) is 0 Å². The smallest absolute Gasteiger partial charge is 0.396 e. The predicted molar refractivity (Wildman–Crippen MR) is 50.8 cm³/mol. The number of hydrogen-bond donors (Lipinski definition) is 2. The zero-order valence-electron chi connectivity index (χ0n) is 8.76. The summed E-state index contributed by atoms with van der Waals surface area (Å²) in [5.41, 5.74) is 0. The van der Waals surface area contributed by atoms with Gasteiger partial charge in [0.1, 0.15) is 6.54 Å². The standard InChI is InChI=1S/C9H15F3N2O2/c10-9(11,12)6-13-8(16)14-3-1-7(5-14)2-4-15/h7,15H,1-6H2,(H,13,16). The van der Waals surface area contributed by atoms with Crippen LogP contribution in [0.15, 0.2) is 0 Å². The van der Waals surface area contributed by atoms with Gasteiger partial charge >= 0.3 is 12.2 Å². The highest BCUT2D eigenvalue weighted by Crippen LogP contribution is 2.19. The number of alkyl halides is 3. The molecular weight excluding hydrogens is 225 g/mol. The molecule has 1 atom stereocenters. The van der Waals surface area contributed by atoms with Crippen molar-refractivity contribution in [2.75, 3.05) is 26.2 Å². The summed E-state index contributed by atoms with van der Waals surface area (Å²) in [6.45, 7) is -0.381. The minimum absolute atomic E-state index is 0.0443. The van der Waals surface area contributed by atoms with Crippen molar-refractivity contribution in [1.82, 2.24) is 10.2 Å². The van der Waals surface area contributed by atoms with Gasteiger partial charge in [0, 0.05) is 19.7 Å². The van der Waals surface area contributed by atoms with E-state index in [4.69, 9.17) is 5.11 Å². The monoisotopic (exact) mass is 240 g/mol. The lowest BCUT2D eigenvalue weighted by molar-refractivity contribution is -0.123. The number of nitrogens with zero attached hydrogens (tertiary/aromatic N) is 1. The topological polar surface area (TPSA) is 52.6 Å². The van der Waals surface area contributed by atoms with Crippen LogP contribution >= 0.6 is 0 Å². The van der Waals surface area contributed by atoms with Crippen LogP contribution in [0.3, 0.4) is 0 Å². The lowest BCUT2D eigenvalue weighted by Gasteiger charge is -2.18. The quantitative estimate of drug-likeness (QED) is 0.772. The zero-order chi connectivity index (χ0) is 12.2. The molecule has 7 heteroatoms. The third kappa shape index (κ3) is 4.26. The second kappa shape index (κ2) is 5.38. The Bertz CT molecular complexity index is 245. The highest BCUT2D eigenvalue weighted by molar-refractivity contribution is 5.74. The largest absolute Gasteiger partial charge is 0.405 e. The fraction of sp³-hybridized carbons (Fsp3) is 0.889. The first-order valence-electron chi connectivity index (χ1n) is 5.13. The molecule has 16 heavy (non-hydrogen) atoms. The van der Waals surface area contributed by atoms with Gasteiger partial charge < -0.3 is 15.3 Å². The van der Waals surface area contributed by atoms with Crippen LogP contribution in [0, 0.1) is 5.92 Å². The van der Waals surface area contributed by atoms with Gasteiger partial charge in [0.2, 0.25) is 0 Å². The molecule has 0 radical (unpaired) electrons. The average molecular weight is 240 g/mol. The molecule has 1 unspecified atom stereocenters. The number of urea groups is 1. The van der Waals surface area contributed by atoms with Gasteiger partial charge in [-0.05, 0) is 18.8 Å². The Balaban J connectivity index is 2.28. The van der Waals surface area contributed by atoms with Crippen LogP contribution in [0.4, 0.5) is 18.0 Å². The van der Waals surface area contributed by atoms with Gasteiger partial charge in [-0.2, -0.15) is 13.2 Å². The minimum Gasteiger partial charge on any atom is -0.396 e. The number of carbonyl (C=O) groups is 1. The van der Waals surface area contributed by atoms with Crippen LogP contribution in [0.25, 0.3) is 0 Å². The fourth-order valence-corrected chi connectivity index (χ4v) is 1.72. The summed E-state index contributed by atoms with van der Waals surface area (Å²) in [4.78, 5) is 12.6. The number of hydrogen-bond acceptors (Lipinski definition) is 2. The molecule has 4 nitrogen and oxygen atoms in total. The molecule has 0 spiro atoms. The zero-order valence-corrected chi connectivity index (χ0v) is 8.76. The lowest BCUT2D eigenvalue weighted by Crippen LogP contribution is -2.42. The first-order chi connectivity index (χ1) is 7.42. The number of rotatable bonds is 3. The third-order valence-corrected chi connectivity index (χ3v) is 2.55. The van der Waals surface area contributed by atoms with E-state index in [1.54, 1.807) is 0 Å². The number of likely N-dealkylation sites (tertiary alicyclic amines) is 1. The van der Waals surface area contributed by atoms with E-state index in [2.05, 4.69) is 0 Å². The molecule has 0 bridgehead atoms. The average Bonchev–Trinajstić information content (AvgIpc) is 2.62. The fourth-order valence-electron chi connectivity index (χ4n) is 1.72. The molecular formula is C9H15F3N2O2. The minimum atomic E-state index is -4.38. The van der Waals surface area contributed by atoms with E-state index in [-0.39, 0.29) is 12.5 Å². The molecule has 2 N–H and O–H groups in total. The van der Waals surface area contributed by atoms with E-state index < -0.39 is 18.8 Å². The molecule has 0 aliphatic carbocycles. The Morgan fingerprint density at radius 3 is 2.75 bits per heavy atom. The highest BCUT2D eigenvalue weighted by Gasteiger charge is 2.31. The summed E-state index contributed by atoms with van der Waals surface area (Å²) >= 11 is 0. The SMILES string of the molecule is O=C(NCC(F)(F)F)N1CCC(CCO)C1. The van der Waals surface area contributed by atoms with Gasteiger partial charge in [0.15, 0.2) is 0 Å². The van der Waals surface area contributed by atoms with Crippen molar-refractivity contribution in [1.29, 1.82) is 0 Å². The lowest BCUT2D eigenvalue weighted by atomic mass is 10.1. The molecule has 2 amide bonds. The summed E-state index contributed by atoms with van der Waals surface area (Å²) in [6.07, 6.45) is -3.05. The summed E-state index contributed by atoms with van der Waals surface area (Å²) in [7, 11) is 0. The van der Waals surface area contributed by atoms with Crippen LogP contribution in [-0.2, 0) is 0 Å². The van der Waals surface area contributed by atoms with Crippen LogP contribution in [-0.4, -0.2) is 48.5 Å². The number of carbonyl (C=O) groups excluding carboxylic acids is 1. The van der Waals surface area contributed by atoms with E-state index in [1.807, 2.05) is 5.32 Å². The van der Waals surface area contributed by atoms with Crippen molar-refractivity contribution in [2.45, 2.75) is 19.0 Å². The maximum atomic E-state index is 11.8. The number of aliphatic hydroxyl groups excluding tert-OH is 1. The predicted octanol–water partition coefficient (Wildman–Crippen LogP) is 0.963. The Morgan fingerprint density at radius 2 is 2.19 bits per heavy atom. The molecule has 1 aliphatic heterocycles. The highest BCUT2D eigenvalue weighted by atomic mass is 19.4. The van der Waals surface area contributed by atoms with Crippen molar-refractivity contribution >= 4 is 6.03 Å². The van der Waals surface area contributed by atoms with E-state index in [0.29, 0.717) is 19.5 Å². The Labute approximate surface area is 91.4 Å². The van der Waals surface area contributed by atoms with Crippen molar-refractivity contribution in [3.8, 4) is 0 Å². The van der Waals surface area contributed by atoms with Crippen molar-refractivity contribution in [2.24, 2.45) is 5.92 Å². The summed E-state index contributed by atoms with van der Waals surface area (Å²) in [6, 6.07) is -0.683. The van der Waals surface area contributed by atoms with Crippen LogP contribution in [0.1, 0.15) is 12.8 Å². The van der Waals surface area contributed by atoms with Crippen LogP contribution in [0.5, 0.6) is 0 Å². The molecule has 1 heterocycles. The maximum absolute atomic E-state index is 11.8. The number of amides is 2. The second-order valence-electron chi connectivity index (χ2n) is 3.89. The van der Waals surface area contributed by atoms with Gasteiger partial charge in [-0.1, -0.05) is 0 Å². The normalized spacial score (nSPS) is 21.2.